The van der Waals surface area contributed by atoms with Crippen molar-refractivity contribution in [1.29, 1.82) is 0 Å². The quantitative estimate of drug-likeness (QED) is 0.770. The summed E-state index contributed by atoms with van der Waals surface area (Å²) in [4.78, 5) is 12.6. The first kappa shape index (κ1) is 14.6. The van der Waals surface area contributed by atoms with E-state index in [0.717, 1.165) is 43.2 Å². The fraction of sp³-hybridized carbons (Fsp3) is 0.611. The molecule has 114 valence electrons. The van der Waals surface area contributed by atoms with Gasteiger partial charge in [-0.1, -0.05) is 13.0 Å². The predicted octanol–water partition coefficient (Wildman–Crippen LogP) is 4.36. The van der Waals surface area contributed by atoms with Crippen LogP contribution in [0.25, 0.3) is 0 Å². The molecule has 0 radical (unpaired) electrons. The predicted molar refractivity (Wildman–Crippen MR) is 79.3 cm³/mol. The number of hydrogen-bond donors (Lipinski definition) is 0. The van der Waals surface area contributed by atoms with Crippen LogP contribution < -0.4 is 0 Å². The van der Waals surface area contributed by atoms with E-state index in [2.05, 4.69) is 0 Å². The van der Waals surface area contributed by atoms with Crippen LogP contribution in [0.3, 0.4) is 0 Å². The molecule has 1 saturated carbocycles. The van der Waals surface area contributed by atoms with Crippen molar-refractivity contribution in [3.63, 3.8) is 0 Å². The maximum atomic E-state index is 13.7. The van der Waals surface area contributed by atoms with Crippen LogP contribution >= 0.6 is 0 Å². The molecule has 1 aromatic carbocycles. The zero-order valence-corrected chi connectivity index (χ0v) is 13.0. The van der Waals surface area contributed by atoms with Crippen LogP contribution in [-0.2, 0) is 21.6 Å². The number of ether oxygens (including phenoxy) is 1. The first-order chi connectivity index (χ1) is 9.89. The molecule has 0 N–H and O–H groups in total. The van der Waals surface area contributed by atoms with Gasteiger partial charge in [-0.2, -0.15) is 0 Å². The van der Waals surface area contributed by atoms with Crippen LogP contribution in [0.1, 0.15) is 57.6 Å². The third-order valence-electron chi connectivity index (χ3n) is 5.24. The average Bonchev–Trinajstić information content (AvgIpc) is 3.24. The average molecular weight is 290 g/mol. The topological polar surface area (TPSA) is 26.3 Å². The highest BCUT2D eigenvalue weighted by Gasteiger charge is 2.54. The minimum atomic E-state index is -0.582. The Morgan fingerprint density at radius 1 is 1.43 bits per heavy atom. The van der Waals surface area contributed by atoms with Gasteiger partial charge in [0.05, 0.1) is 5.41 Å². The molecular formula is C18H23FO2. The molecule has 0 spiro atoms. The summed E-state index contributed by atoms with van der Waals surface area (Å²) < 4.78 is 19.7. The molecule has 3 rings (SSSR count). The molecule has 2 aliphatic carbocycles. The second-order valence-electron chi connectivity index (χ2n) is 7.09. The van der Waals surface area contributed by atoms with Crippen molar-refractivity contribution >= 4 is 5.97 Å². The second kappa shape index (κ2) is 4.82. The Bertz CT molecular complexity index is 575. The van der Waals surface area contributed by atoms with Crippen molar-refractivity contribution in [3.8, 4) is 0 Å². The molecule has 21 heavy (non-hydrogen) atoms. The third-order valence-corrected chi connectivity index (χ3v) is 5.24. The molecule has 0 heterocycles. The van der Waals surface area contributed by atoms with E-state index < -0.39 is 11.0 Å². The van der Waals surface area contributed by atoms with Gasteiger partial charge in [-0.25, -0.2) is 4.39 Å². The van der Waals surface area contributed by atoms with E-state index in [1.165, 1.54) is 6.07 Å². The minimum absolute atomic E-state index is 0.158. The van der Waals surface area contributed by atoms with E-state index >= 15 is 0 Å². The Morgan fingerprint density at radius 3 is 2.76 bits per heavy atom. The summed E-state index contributed by atoms with van der Waals surface area (Å²) in [5.41, 5.74) is 0.967. The van der Waals surface area contributed by atoms with E-state index in [9.17, 15) is 9.18 Å². The Labute approximate surface area is 125 Å². The zero-order valence-electron chi connectivity index (χ0n) is 13.0. The molecule has 3 heteroatoms. The summed E-state index contributed by atoms with van der Waals surface area (Å²) in [5, 5.41) is 0. The monoisotopic (exact) mass is 290 g/mol. The lowest BCUT2D eigenvalue weighted by molar-refractivity contribution is -0.175. The molecule has 0 aliphatic heterocycles. The number of hydrogen-bond acceptors (Lipinski definition) is 2. The molecule has 0 amide bonds. The number of benzene rings is 1. The van der Waals surface area contributed by atoms with E-state index in [1.54, 1.807) is 6.07 Å². The number of esters is 1. The van der Waals surface area contributed by atoms with Crippen LogP contribution in [0.5, 0.6) is 0 Å². The summed E-state index contributed by atoms with van der Waals surface area (Å²) in [7, 11) is 0. The zero-order chi connectivity index (χ0) is 15.3. The largest absolute Gasteiger partial charge is 0.453 e. The standard InChI is InChI=1S/C18H23FO2/c1-4-17(2,3)16(20)21-18(13-6-7-13)10-9-12-5-8-14(19)11-15(12)18/h5,8,11,13H,4,6-7,9-10H2,1-3H3. The van der Waals surface area contributed by atoms with E-state index in [-0.39, 0.29) is 11.8 Å². The van der Waals surface area contributed by atoms with Crippen molar-refractivity contribution in [2.75, 3.05) is 0 Å². The van der Waals surface area contributed by atoms with E-state index in [0.29, 0.717) is 5.92 Å². The molecule has 0 aromatic heterocycles. The van der Waals surface area contributed by atoms with Gasteiger partial charge in [0.1, 0.15) is 11.4 Å². The Balaban J connectivity index is 1.97. The summed E-state index contributed by atoms with van der Waals surface area (Å²) in [5.74, 6) is -0.0438. The maximum absolute atomic E-state index is 13.7. The highest BCUT2D eigenvalue weighted by molar-refractivity contribution is 5.76. The van der Waals surface area contributed by atoms with Crippen LogP contribution in [0.2, 0.25) is 0 Å². The van der Waals surface area contributed by atoms with Crippen LogP contribution in [0.15, 0.2) is 18.2 Å². The van der Waals surface area contributed by atoms with Crippen molar-refractivity contribution in [3.05, 3.63) is 35.1 Å². The van der Waals surface area contributed by atoms with Crippen molar-refractivity contribution in [1.82, 2.24) is 0 Å². The van der Waals surface area contributed by atoms with Gasteiger partial charge in [0.15, 0.2) is 0 Å². The number of halogens is 1. The number of rotatable bonds is 4. The lowest BCUT2D eigenvalue weighted by atomic mass is 9.87. The molecule has 2 aliphatic rings. The van der Waals surface area contributed by atoms with Gasteiger partial charge in [-0.05, 0) is 63.6 Å². The van der Waals surface area contributed by atoms with Gasteiger partial charge in [0.2, 0.25) is 0 Å². The van der Waals surface area contributed by atoms with Crippen LogP contribution in [0.4, 0.5) is 4.39 Å². The Hall–Kier alpha value is -1.38. The van der Waals surface area contributed by atoms with Crippen molar-refractivity contribution in [2.45, 2.75) is 58.5 Å². The maximum Gasteiger partial charge on any atom is 0.312 e. The summed E-state index contributed by atoms with van der Waals surface area (Å²) in [6, 6.07) is 4.92. The molecule has 0 bridgehead atoms. The molecule has 1 aromatic rings. The van der Waals surface area contributed by atoms with E-state index in [1.807, 2.05) is 26.8 Å². The Kier molecular flexibility index (Phi) is 3.34. The summed E-state index contributed by atoms with van der Waals surface area (Å²) in [6.45, 7) is 5.82. The number of carbonyl (C=O) groups is 1. The van der Waals surface area contributed by atoms with E-state index in [4.69, 9.17) is 4.74 Å². The van der Waals surface area contributed by atoms with Crippen LogP contribution in [-0.4, -0.2) is 5.97 Å². The Morgan fingerprint density at radius 2 is 2.14 bits per heavy atom. The van der Waals surface area contributed by atoms with Crippen molar-refractivity contribution < 1.29 is 13.9 Å². The lowest BCUT2D eigenvalue weighted by Crippen LogP contribution is -2.38. The van der Waals surface area contributed by atoms with Crippen molar-refractivity contribution in [2.24, 2.45) is 11.3 Å². The third kappa shape index (κ3) is 2.37. The fourth-order valence-corrected chi connectivity index (χ4v) is 3.23. The minimum Gasteiger partial charge on any atom is -0.453 e. The van der Waals surface area contributed by atoms with Crippen LogP contribution in [0, 0.1) is 17.2 Å². The van der Waals surface area contributed by atoms with Gasteiger partial charge in [0, 0.05) is 11.5 Å². The molecule has 2 nitrogen and oxygen atoms in total. The second-order valence-corrected chi connectivity index (χ2v) is 7.09. The summed E-state index contributed by atoms with van der Waals surface area (Å²) >= 11 is 0. The lowest BCUT2D eigenvalue weighted by Gasteiger charge is -2.34. The van der Waals surface area contributed by atoms with Gasteiger partial charge in [-0.15, -0.1) is 0 Å². The van der Waals surface area contributed by atoms with Gasteiger partial charge < -0.3 is 4.74 Å². The van der Waals surface area contributed by atoms with Gasteiger partial charge in [0.25, 0.3) is 0 Å². The summed E-state index contributed by atoms with van der Waals surface area (Å²) in [6.07, 6.45) is 4.53. The molecule has 1 fully saturated rings. The number of carbonyl (C=O) groups excluding carboxylic acids is 1. The molecule has 0 saturated heterocycles. The normalized spacial score (nSPS) is 24.8. The highest BCUT2D eigenvalue weighted by atomic mass is 19.1. The molecule has 1 atom stereocenters. The molecule has 1 unspecified atom stereocenters. The van der Waals surface area contributed by atoms with Gasteiger partial charge in [-0.3, -0.25) is 4.79 Å². The first-order valence-corrected chi connectivity index (χ1v) is 7.91. The number of fused-ring (bicyclic) bond motifs is 1. The SMILES string of the molecule is CCC(C)(C)C(=O)OC1(C2CC2)CCc2ccc(F)cc21. The smallest absolute Gasteiger partial charge is 0.312 e. The number of aryl methyl sites for hydroxylation is 1. The highest BCUT2D eigenvalue weighted by Crippen LogP contribution is 2.55. The first-order valence-electron chi connectivity index (χ1n) is 7.91. The molecular weight excluding hydrogens is 267 g/mol. The van der Waals surface area contributed by atoms with Gasteiger partial charge >= 0.3 is 5.97 Å². The fourth-order valence-electron chi connectivity index (χ4n) is 3.23.